The van der Waals surface area contributed by atoms with Crippen molar-refractivity contribution in [2.24, 2.45) is 0 Å². The lowest BCUT2D eigenvalue weighted by atomic mass is 10.0. The van der Waals surface area contributed by atoms with Crippen LogP contribution in [-0.2, 0) is 11.2 Å². The number of methoxy groups -OCH3 is 1. The largest absolute Gasteiger partial charge is 0.464 e. The molecule has 0 radical (unpaired) electrons. The van der Waals surface area contributed by atoms with Gasteiger partial charge in [-0.15, -0.1) is 0 Å². The minimum Gasteiger partial charge on any atom is -0.464 e. The Morgan fingerprint density at radius 3 is 2.67 bits per heavy atom. The average molecular weight is 284 g/mol. The quantitative estimate of drug-likeness (QED) is 0.876. The van der Waals surface area contributed by atoms with Crippen LogP contribution in [0, 0.1) is 0 Å². The van der Waals surface area contributed by atoms with Crippen LogP contribution in [0.4, 0.5) is 5.69 Å². The number of amides is 1. The standard InChI is InChI=1S/C16H16N2O3/c1-3-11-7-4-5-8-12(11)15(19)18-13-9-6-10-17-14(13)16(20)21-2/h4-10H,3H2,1-2H3,(H,18,19). The number of hydrogen-bond donors (Lipinski definition) is 1. The van der Waals surface area contributed by atoms with Crippen LogP contribution >= 0.6 is 0 Å². The van der Waals surface area contributed by atoms with E-state index in [1.807, 2.05) is 19.1 Å². The van der Waals surface area contributed by atoms with Gasteiger partial charge in [0.15, 0.2) is 5.69 Å². The summed E-state index contributed by atoms with van der Waals surface area (Å²) in [6, 6.07) is 10.6. The van der Waals surface area contributed by atoms with Crippen LogP contribution in [0.2, 0.25) is 0 Å². The number of ether oxygens (including phenoxy) is 1. The maximum atomic E-state index is 12.4. The predicted octanol–water partition coefficient (Wildman–Crippen LogP) is 2.68. The second kappa shape index (κ2) is 6.65. The van der Waals surface area contributed by atoms with E-state index in [2.05, 4.69) is 15.0 Å². The molecule has 0 unspecified atom stereocenters. The molecule has 108 valence electrons. The summed E-state index contributed by atoms with van der Waals surface area (Å²) >= 11 is 0. The first-order chi connectivity index (χ1) is 10.2. The Labute approximate surface area is 123 Å². The number of nitrogens with zero attached hydrogens (tertiary/aromatic N) is 1. The molecule has 0 aliphatic heterocycles. The second-order valence-corrected chi connectivity index (χ2v) is 4.36. The van der Waals surface area contributed by atoms with Gasteiger partial charge in [-0.3, -0.25) is 4.79 Å². The van der Waals surface area contributed by atoms with Gasteiger partial charge in [-0.05, 0) is 30.2 Å². The van der Waals surface area contributed by atoms with Gasteiger partial charge in [0.05, 0.1) is 12.8 Å². The van der Waals surface area contributed by atoms with E-state index >= 15 is 0 Å². The number of anilines is 1. The molecule has 1 amide bonds. The number of nitrogens with one attached hydrogen (secondary N) is 1. The highest BCUT2D eigenvalue weighted by molar-refractivity contribution is 6.08. The van der Waals surface area contributed by atoms with Crippen LogP contribution in [-0.4, -0.2) is 24.0 Å². The highest BCUT2D eigenvalue weighted by atomic mass is 16.5. The van der Waals surface area contributed by atoms with E-state index in [-0.39, 0.29) is 11.6 Å². The number of carbonyl (C=O) groups excluding carboxylic acids is 2. The topological polar surface area (TPSA) is 68.3 Å². The molecule has 1 aromatic carbocycles. The summed E-state index contributed by atoms with van der Waals surface area (Å²) in [7, 11) is 1.27. The fourth-order valence-electron chi connectivity index (χ4n) is 2.01. The zero-order valence-electron chi connectivity index (χ0n) is 11.9. The van der Waals surface area contributed by atoms with Gasteiger partial charge in [0.2, 0.25) is 0 Å². The minimum atomic E-state index is -0.588. The molecule has 0 saturated heterocycles. The predicted molar refractivity (Wildman–Crippen MR) is 79.3 cm³/mol. The third kappa shape index (κ3) is 3.25. The van der Waals surface area contributed by atoms with E-state index in [9.17, 15) is 9.59 Å². The zero-order chi connectivity index (χ0) is 15.2. The summed E-state index contributed by atoms with van der Waals surface area (Å²) < 4.78 is 4.66. The summed E-state index contributed by atoms with van der Waals surface area (Å²) in [5, 5.41) is 2.71. The van der Waals surface area contributed by atoms with Gasteiger partial charge in [-0.25, -0.2) is 9.78 Å². The third-order valence-electron chi connectivity index (χ3n) is 3.08. The molecule has 5 heteroatoms. The normalized spacial score (nSPS) is 10.0. The summed E-state index contributed by atoms with van der Waals surface area (Å²) in [4.78, 5) is 28.0. The number of esters is 1. The smallest absolute Gasteiger partial charge is 0.358 e. The Hall–Kier alpha value is -2.69. The maximum Gasteiger partial charge on any atom is 0.358 e. The first-order valence-electron chi connectivity index (χ1n) is 6.60. The zero-order valence-corrected chi connectivity index (χ0v) is 11.9. The molecule has 5 nitrogen and oxygen atoms in total. The number of aromatic nitrogens is 1. The maximum absolute atomic E-state index is 12.4. The molecule has 0 aliphatic carbocycles. The number of rotatable bonds is 4. The number of pyridine rings is 1. The molecule has 1 N–H and O–H groups in total. The minimum absolute atomic E-state index is 0.0855. The average Bonchev–Trinajstić information content (AvgIpc) is 2.54. The highest BCUT2D eigenvalue weighted by Gasteiger charge is 2.16. The Balaban J connectivity index is 2.30. The second-order valence-electron chi connectivity index (χ2n) is 4.36. The van der Waals surface area contributed by atoms with Crippen molar-refractivity contribution in [1.82, 2.24) is 4.98 Å². The van der Waals surface area contributed by atoms with E-state index in [0.717, 1.165) is 12.0 Å². The van der Waals surface area contributed by atoms with Crippen molar-refractivity contribution in [2.75, 3.05) is 12.4 Å². The molecule has 2 rings (SSSR count). The van der Waals surface area contributed by atoms with Gasteiger partial charge in [0, 0.05) is 11.8 Å². The number of hydrogen-bond acceptors (Lipinski definition) is 4. The van der Waals surface area contributed by atoms with Crippen molar-refractivity contribution in [3.05, 3.63) is 59.4 Å². The van der Waals surface area contributed by atoms with E-state index in [1.165, 1.54) is 13.3 Å². The molecule has 0 spiro atoms. The van der Waals surface area contributed by atoms with Crippen molar-refractivity contribution in [3.63, 3.8) is 0 Å². The lowest BCUT2D eigenvalue weighted by Gasteiger charge is -2.10. The van der Waals surface area contributed by atoms with Crippen LogP contribution in [0.1, 0.15) is 33.3 Å². The van der Waals surface area contributed by atoms with Gasteiger partial charge in [-0.1, -0.05) is 25.1 Å². The molecule has 21 heavy (non-hydrogen) atoms. The van der Waals surface area contributed by atoms with E-state index < -0.39 is 5.97 Å². The van der Waals surface area contributed by atoms with Crippen LogP contribution in [0.25, 0.3) is 0 Å². The van der Waals surface area contributed by atoms with Gasteiger partial charge in [0.25, 0.3) is 5.91 Å². The Morgan fingerprint density at radius 1 is 1.19 bits per heavy atom. The van der Waals surface area contributed by atoms with Crippen molar-refractivity contribution < 1.29 is 14.3 Å². The lowest BCUT2D eigenvalue weighted by molar-refractivity contribution is 0.0595. The SMILES string of the molecule is CCc1ccccc1C(=O)Nc1cccnc1C(=O)OC. The summed E-state index contributed by atoms with van der Waals surface area (Å²) in [6.45, 7) is 1.98. The molecule has 0 atom stereocenters. The Bertz CT molecular complexity index is 668. The highest BCUT2D eigenvalue weighted by Crippen LogP contribution is 2.16. The number of aryl methyl sites for hydroxylation is 1. The summed E-state index contributed by atoms with van der Waals surface area (Å²) in [6.07, 6.45) is 2.22. The molecule has 2 aromatic rings. The van der Waals surface area contributed by atoms with Crippen molar-refractivity contribution in [3.8, 4) is 0 Å². The van der Waals surface area contributed by atoms with Gasteiger partial charge >= 0.3 is 5.97 Å². The van der Waals surface area contributed by atoms with Crippen LogP contribution in [0.15, 0.2) is 42.6 Å². The molecule has 1 heterocycles. The van der Waals surface area contributed by atoms with Gasteiger partial charge in [-0.2, -0.15) is 0 Å². The van der Waals surface area contributed by atoms with Crippen molar-refractivity contribution >= 4 is 17.6 Å². The van der Waals surface area contributed by atoms with Gasteiger partial charge < -0.3 is 10.1 Å². The fourth-order valence-corrected chi connectivity index (χ4v) is 2.01. The van der Waals surface area contributed by atoms with Crippen LogP contribution in [0.3, 0.4) is 0 Å². The molecular weight excluding hydrogens is 268 g/mol. The first-order valence-corrected chi connectivity index (χ1v) is 6.60. The molecule has 0 bridgehead atoms. The van der Waals surface area contributed by atoms with Crippen LogP contribution < -0.4 is 5.32 Å². The molecular formula is C16H16N2O3. The monoisotopic (exact) mass is 284 g/mol. The van der Waals surface area contributed by atoms with E-state index in [1.54, 1.807) is 24.3 Å². The van der Waals surface area contributed by atoms with E-state index in [0.29, 0.717) is 11.3 Å². The molecule has 0 saturated carbocycles. The summed E-state index contributed by atoms with van der Waals surface area (Å²) in [5.74, 6) is -0.861. The summed E-state index contributed by atoms with van der Waals surface area (Å²) in [5.41, 5.74) is 1.95. The van der Waals surface area contributed by atoms with Crippen LogP contribution in [0.5, 0.6) is 0 Å². The Morgan fingerprint density at radius 2 is 1.95 bits per heavy atom. The van der Waals surface area contributed by atoms with Crippen molar-refractivity contribution in [2.45, 2.75) is 13.3 Å². The lowest BCUT2D eigenvalue weighted by Crippen LogP contribution is -2.17. The third-order valence-corrected chi connectivity index (χ3v) is 3.08. The number of benzene rings is 1. The van der Waals surface area contributed by atoms with Crippen molar-refractivity contribution in [1.29, 1.82) is 0 Å². The number of carbonyl (C=O) groups is 2. The molecule has 0 fully saturated rings. The fraction of sp³-hybridized carbons (Fsp3) is 0.188. The first kappa shape index (κ1) is 14.7. The molecule has 0 aliphatic rings. The Kier molecular flexibility index (Phi) is 4.66. The molecule has 1 aromatic heterocycles. The van der Waals surface area contributed by atoms with Gasteiger partial charge in [0.1, 0.15) is 0 Å². The van der Waals surface area contributed by atoms with E-state index in [4.69, 9.17) is 0 Å².